The van der Waals surface area contributed by atoms with E-state index in [1.165, 1.54) is 5.56 Å². The highest BCUT2D eigenvalue weighted by atomic mass is 16.1. The fourth-order valence-electron chi connectivity index (χ4n) is 3.63. The first-order chi connectivity index (χ1) is 13.7. The summed E-state index contributed by atoms with van der Waals surface area (Å²) in [7, 11) is 0. The van der Waals surface area contributed by atoms with Crippen LogP contribution >= 0.6 is 0 Å². The summed E-state index contributed by atoms with van der Waals surface area (Å²) in [6.07, 6.45) is 1.48. The molecular formula is C22H19N5O. The van der Waals surface area contributed by atoms with Gasteiger partial charge in [-0.25, -0.2) is 15.0 Å². The molecule has 0 saturated heterocycles. The van der Waals surface area contributed by atoms with Gasteiger partial charge in [0.1, 0.15) is 16.7 Å². The van der Waals surface area contributed by atoms with Crippen molar-refractivity contribution in [2.45, 2.75) is 26.3 Å². The van der Waals surface area contributed by atoms with Crippen molar-refractivity contribution in [1.82, 2.24) is 24.5 Å². The number of fused-ring (bicyclic) bond motifs is 4. The topological polar surface area (TPSA) is 76.5 Å². The van der Waals surface area contributed by atoms with Gasteiger partial charge in [0.2, 0.25) is 0 Å². The van der Waals surface area contributed by atoms with Crippen LogP contribution in [0.15, 0.2) is 59.4 Å². The molecule has 1 N–H and O–H groups in total. The molecule has 0 aliphatic heterocycles. The van der Waals surface area contributed by atoms with Crippen LogP contribution in [0.4, 0.5) is 0 Å². The number of nitrogens with zero attached hydrogens (tertiary/aromatic N) is 4. The second-order valence-corrected chi connectivity index (χ2v) is 6.84. The van der Waals surface area contributed by atoms with Crippen LogP contribution in [0.5, 0.6) is 0 Å². The first-order valence-corrected chi connectivity index (χ1v) is 9.46. The van der Waals surface area contributed by atoms with E-state index in [2.05, 4.69) is 17.1 Å². The average Bonchev–Trinajstić information content (AvgIpc) is 3.04. The fraction of sp³-hybridized carbons (Fsp3) is 0.182. The van der Waals surface area contributed by atoms with Crippen LogP contribution in [-0.2, 0) is 19.4 Å². The lowest BCUT2D eigenvalue weighted by Crippen LogP contribution is -2.12. The van der Waals surface area contributed by atoms with Gasteiger partial charge in [-0.15, -0.1) is 0 Å². The zero-order valence-electron chi connectivity index (χ0n) is 15.5. The Balaban J connectivity index is 1.80. The Morgan fingerprint density at radius 1 is 0.893 bits per heavy atom. The molecule has 0 aliphatic carbocycles. The number of nitrogens with one attached hydrogen (secondary N) is 1. The van der Waals surface area contributed by atoms with Crippen molar-refractivity contribution in [3.63, 3.8) is 0 Å². The third kappa shape index (κ3) is 2.65. The molecule has 5 aromatic rings. The van der Waals surface area contributed by atoms with Gasteiger partial charge < -0.3 is 9.55 Å². The number of aromatic amines is 1. The molecule has 3 aromatic heterocycles. The maximum absolute atomic E-state index is 12.8. The lowest BCUT2D eigenvalue weighted by atomic mass is 10.1. The van der Waals surface area contributed by atoms with Crippen molar-refractivity contribution >= 4 is 33.2 Å². The van der Waals surface area contributed by atoms with Crippen molar-refractivity contribution in [2.24, 2.45) is 0 Å². The highest BCUT2D eigenvalue weighted by Gasteiger charge is 2.19. The minimum Gasteiger partial charge on any atom is -0.310 e. The van der Waals surface area contributed by atoms with Gasteiger partial charge in [-0.1, -0.05) is 49.4 Å². The second kappa shape index (κ2) is 6.56. The van der Waals surface area contributed by atoms with E-state index >= 15 is 0 Å². The summed E-state index contributed by atoms with van der Waals surface area (Å²) in [6.45, 7) is 2.66. The van der Waals surface area contributed by atoms with E-state index < -0.39 is 0 Å². The van der Waals surface area contributed by atoms with Gasteiger partial charge in [-0.3, -0.25) is 4.79 Å². The quantitative estimate of drug-likeness (QED) is 0.525. The molecule has 0 aliphatic rings. The van der Waals surface area contributed by atoms with Gasteiger partial charge in [-0.2, -0.15) is 0 Å². The van der Waals surface area contributed by atoms with E-state index in [9.17, 15) is 4.79 Å². The molecule has 5 rings (SSSR count). The first kappa shape index (κ1) is 16.6. The predicted octanol–water partition coefficient (Wildman–Crippen LogP) is 3.63. The van der Waals surface area contributed by atoms with E-state index in [1.54, 1.807) is 0 Å². The lowest BCUT2D eigenvalue weighted by Gasteiger charge is -2.07. The highest BCUT2D eigenvalue weighted by molar-refractivity contribution is 6.04. The predicted molar refractivity (Wildman–Crippen MR) is 110 cm³/mol. The van der Waals surface area contributed by atoms with Crippen LogP contribution in [0.25, 0.3) is 33.2 Å². The van der Waals surface area contributed by atoms with Gasteiger partial charge in [-0.05, 0) is 24.1 Å². The summed E-state index contributed by atoms with van der Waals surface area (Å²) in [6, 6.07) is 18.0. The highest BCUT2D eigenvalue weighted by Crippen LogP contribution is 2.25. The van der Waals surface area contributed by atoms with Crippen molar-refractivity contribution < 1.29 is 0 Å². The zero-order chi connectivity index (χ0) is 19.1. The Kier molecular flexibility index (Phi) is 3.90. The van der Waals surface area contributed by atoms with E-state index in [1.807, 2.05) is 54.0 Å². The first-order valence-electron chi connectivity index (χ1n) is 9.46. The summed E-state index contributed by atoms with van der Waals surface area (Å²) in [5.74, 6) is 0.672. The SMILES string of the molecule is CCc1nc2c(c(=O)[nH]1)c1nc3ccccc3nc1n2CCc1ccccc1. The molecule has 0 amide bonds. The molecule has 0 atom stereocenters. The summed E-state index contributed by atoms with van der Waals surface area (Å²) >= 11 is 0. The van der Waals surface area contributed by atoms with Crippen molar-refractivity contribution in [2.75, 3.05) is 0 Å². The molecular weight excluding hydrogens is 350 g/mol. The Labute approximate surface area is 160 Å². The van der Waals surface area contributed by atoms with Crippen molar-refractivity contribution in [3.8, 4) is 0 Å². The third-order valence-electron chi connectivity index (χ3n) is 5.05. The Bertz CT molecular complexity index is 1370. The summed E-state index contributed by atoms with van der Waals surface area (Å²) < 4.78 is 2.03. The number of aromatic nitrogens is 5. The molecule has 2 aromatic carbocycles. The molecule has 0 fully saturated rings. The fourth-order valence-corrected chi connectivity index (χ4v) is 3.63. The van der Waals surface area contributed by atoms with Crippen LogP contribution < -0.4 is 5.56 Å². The smallest absolute Gasteiger partial charge is 0.262 e. The maximum Gasteiger partial charge on any atom is 0.262 e. The number of hydrogen-bond donors (Lipinski definition) is 1. The van der Waals surface area contributed by atoms with Crippen molar-refractivity contribution in [1.29, 1.82) is 0 Å². The molecule has 28 heavy (non-hydrogen) atoms. The van der Waals surface area contributed by atoms with Crippen LogP contribution in [0.2, 0.25) is 0 Å². The Morgan fingerprint density at radius 3 is 2.36 bits per heavy atom. The minimum absolute atomic E-state index is 0.158. The monoisotopic (exact) mass is 369 g/mol. The summed E-state index contributed by atoms with van der Waals surface area (Å²) in [5.41, 5.74) is 4.62. The number of rotatable bonds is 4. The number of H-pyrrole nitrogens is 1. The molecule has 6 heteroatoms. The van der Waals surface area contributed by atoms with Gasteiger partial charge >= 0.3 is 0 Å². The molecule has 0 unspecified atom stereocenters. The Morgan fingerprint density at radius 2 is 1.61 bits per heavy atom. The molecule has 0 saturated carbocycles. The Hall–Kier alpha value is -3.54. The van der Waals surface area contributed by atoms with Crippen LogP contribution in [0, 0.1) is 0 Å². The number of para-hydroxylation sites is 2. The van der Waals surface area contributed by atoms with Crippen molar-refractivity contribution in [3.05, 3.63) is 76.3 Å². The number of benzene rings is 2. The number of hydrogen-bond acceptors (Lipinski definition) is 4. The average molecular weight is 369 g/mol. The summed E-state index contributed by atoms with van der Waals surface area (Å²) in [4.78, 5) is 30.0. The molecule has 138 valence electrons. The molecule has 0 spiro atoms. The van der Waals surface area contributed by atoms with Gasteiger partial charge in [0.25, 0.3) is 5.56 Å². The van der Waals surface area contributed by atoms with E-state index in [0.29, 0.717) is 41.0 Å². The summed E-state index contributed by atoms with van der Waals surface area (Å²) in [5, 5.41) is 0.513. The normalized spacial score (nSPS) is 11.6. The zero-order valence-corrected chi connectivity index (χ0v) is 15.5. The van der Waals surface area contributed by atoms with E-state index in [4.69, 9.17) is 15.0 Å². The van der Waals surface area contributed by atoms with Crippen LogP contribution in [0.1, 0.15) is 18.3 Å². The van der Waals surface area contributed by atoms with Crippen LogP contribution in [0.3, 0.4) is 0 Å². The van der Waals surface area contributed by atoms with E-state index in [-0.39, 0.29) is 5.56 Å². The van der Waals surface area contributed by atoms with Gasteiger partial charge in [0.15, 0.2) is 11.3 Å². The standard InChI is InChI=1S/C22H19N5O/c1-2-17-25-20-18(22(28)26-17)19-21(24-16-11-7-6-10-15(16)23-19)27(20)13-12-14-8-4-3-5-9-14/h3-11H,2,12-13H2,1H3,(H,25,26,28). The van der Waals surface area contributed by atoms with Gasteiger partial charge in [0.05, 0.1) is 11.0 Å². The number of aryl methyl sites for hydroxylation is 3. The largest absolute Gasteiger partial charge is 0.310 e. The molecule has 0 radical (unpaired) electrons. The molecule has 3 heterocycles. The van der Waals surface area contributed by atoms with Crippen LogP contribution in [-0.4, -0.2) is 24.5 Å². The minimum atomic E-state index is -0.158. The molecule has 0 bridgehead atoms. The second-order valence-electron chi connectivity index (χ2n) is 6.84. The van der Waals surface area contributed by atoms with Gasteiger partial charge in [0, 0.05) is 13.0 Å². The third-order valence-corrected chi connectivity index (χ3v) is 5.05. The van der Waals surface area contributed by atoms with E-state index in [0.717, 1.165) is 17.5 Å². The maximum atomic E-state index is 12.8. The molecule has 6 nitrogen and oxygen atoms in total. The lowest BCUT2D eigenvalue weighted by molar-refractivity contribution is 0.727.